The quantitative estimate of drug-likeness (QED) is 0.809. The molecule has 8 heteroatoms. The van der Waals surface area contributed by atoms with E-state index in [2.05, 4.69) is 9.82 Å². The van der Waals surface area contributed by atoms with Crippen LogP contribution in [0.5, 0.6) is 0 Å². The summed E-state index contributed by atoms with van der Waals surface area (Å²) < 4.78 is 33.5. The maximum absolute atomic E-state index is 12.1. The number of aryl methyl sites for hydroxylation is 2. The molecule has 0 aliphatic heterocycles. The molecule has 0 aliphatic rings. The minimum absolute atomic E-state index is 0.125. The second-order valence-electron chi connectivity index (χ2n) is 4.38. The maximum Gasteiger partial charge on any atom is 0.274 e. The number of furan rings is 1. The summed E-state index contributed by atoms with van der Waals surface area (Å²) in [7, 11) is -1.87. The second-order valence-corrected chi connectivity index (χ2v) is 6.08. The summed E-state index contributed by atoms with van der Waals surface area (Å²) in [5.41, 5.74) is 7.12. The molecule has 110 valence electrons. The lowest BCUT2D eigenvalue weighted by Crippen LogP contribution is -2.23. The lowest BCUT2D eigenvalue weighted by Gasteiger charge is -2.03. The predicted molar refractivity (Wildman–Crippen MR) is 73.2 cm³/mol. The van der Waals surface area contributed by atoms with Crippen LogP contribution in [-0.2, 0) is 36.6 Å². The SMILES string of the molecule is CCc1nn(C)cc1CNS(=O)(=O)c1ccc(CN)o1. The Morgan fingerprint density at radius 1 is 1.45 bits per heavy atom. The smallest absolute Gasteiger partial charge is 0.274 e. The van der Waals surface area contributed by atoms with E-state index in [9.17, 15) is 8.42 Å². The Hall–Kier alpha value is -1.64. The third-order valence-electron chi connectivity index (χ3n) is 2.88. The van der Waals surface area contributed by atoms with Crippen LogP contribution in [0.15, 0.2) is 27.8 Å². The highest BCUT2D eigenvalue weighted by Crippen LogP contribution is 2.14. The molecule has 0 unspecified atom stereocenters. The van der Waals surface area contributed by atoms with Crippen LogP contribution < -0.4 is 10.5 Å². The summed E-state index contributed by atoms with van der Waals surface area (Å²) in [5, 5.41) is 4.14. The van der Waals surface area contributed by atoms with Gasteiger partial charge in [0.15, 0.2) is 0 Å². The topological polar surface area (TPSA) is 103 Å². The van der Waals surface area contributed by atoms with Gasteiger partial charge in [-0.15, -0.1) is 0 Å². The van der Waals surface area contributed by atoms with Crippen molar-refractivity contribution in [3.8, 4) is 0 Å². The van der Waals surface area contributed by atoms with Crippen LogP contribution in [0.4, 0.5) is 0 Å². The van der Waals surface area contributed by atoms with Gasteiger partial charge in [0.2, 0.25) is 5.09 Å². The third kappa shape index (κ3) is 3.09. The number of nitrogens with zero attached hydrogens (tertiary/aromatic N) is 2. The van der Waals surface area contributed by atoms with Gasteiger partial charge in [0.1, 0.15) is 5.76 Å². The highest BCUT2D eigenvalue weighted by Gasteiger charge is 2.19. The van der Waals surface area contributed by atoms with E-state index in [-0.39, 0.29) is 18.2 Å². The van der Waals surface area contributed by atoms with Crippen molar-refractivity contribution in [3.63, 3.8) is 0 Å². The normalized spacial score (nSPS) is 11.9. The highest BCUT2D eigenvalue weighted by molar-refractivity contribution is 7.89. The lowest BCUT2D eigenvalue weighted by molar-refractivity contribution is 0.412. The van der Waals surface area contributed by atoms with Gasteiger partial charge < -0.3 is 10.2 Å². The number of aromatic nitrogens is 2. The molecule has 0 saturated carbocycles. The van der Waals surface area contributed by atoms with Gasteiger partial charge in [-0.25, -0.2) is 13.1 Å². The first-order valence-electron chi connectivity index (χ1n) is 6.26. The van der Waals surface area contributed by atoms with Crippen molar-refractivity contribution in [3.05, 3.63) is 35.3 Å². The van der Waals surface area contributed by atoms with Crippen LogP contribution in [0.1, 0.15) is 23.9 Å². The Labute approximate surface area is 117 Å². The van der Waals surface area contributed by atoms with Crippen LogP contribution in [0.25, 0.3) is 0 Å². The first-order valence-corrected chi connectivity index (χ1v) is 7.74. The van der Waals surface area contributed by atoms with Crippen LogP contribution in [0.3, 0.4) is 0 Å². The van der Waals surface area contributed by atoms with Crippen molar-refractivity contribution < 1.29 is 12.8 Å². The monoisotopic (exact) mass is 298 g/mol. The van der Waals surface area contributed by atoms with E-state index in [0.29, 0.717) is 5.76 Å². The number of hydrogen-bond donors (Lipinski definition) is 2. The molecule has 20 heavy (non-hydrogen) atoms. The Balaban J connectivity index is 2.12. The first kappa shape index (κ1) is 14.8. The van der Waals surface area contributed by atoms with Gasteiger partial charge in [0.25, 0.3) is 10.0 Å². The van der Waals surface area contributed by atoms with E-state index < -0.39 is 10.0 Å². The fourth-order valence-electron chi connectivity index (χ4n) is 1.89. The minimum atomic E-state index is -3.67. The van der Waals surface area contributed by atoms with Gasteiger partial charge in [-0.3, -0.25) is 4.68 Å². The molecule has 0 radical (unpaired) electrons. The Bertz CT molecular complexity index is 687. The van der Waals surface area contributed by atoms with Crippen LogP contribution in [-0.4, -0.2) is 18.2 Å². The zero-order valence-corrected chi connectivity index (χ0v) is 12.3. The molecule has 7 nitrogen and oxygen atoms in total. The van der Waals surface area contributed by atoms with E-state index in [1.807, 2.05) is 6.92 Å². The predicted octanol–water partition coefficient (Wildman–Crippen LogP) is 0.513. The fourth-order valence-corrected chi connectivity index (χ4v) is 2.84. The number of nitrogens with two attached hydrogens (primary N) is 1. The van der Waals surface area contributed by atoms with Crippen LogP contribution in [0.2, 0.25) is 0 Å². The van der Waals surface area contributed by atoms with Gasteiger partial charge >= 0.3 is 0 Å². The lowest BCUT2D eigenvalue weighted by atomic mass is 10.2. The van der Waals surface area contributed by atoms with E-state index >= 15 is 0 Å². The summed E-state index contributed by atoms with van der Waals surface area (Å²) in [6.07, 6.45) is 2.55. The average Bonchev–Trinajstić information content (AvgIpc) is 3.02. The molecule has 0 atom stereocenters. The second kappa shape index (κ2) is 5.78. The van der Waals surface area contributed by atoms with Crippen LogP contribution >= 0.6 is 0 Å². The largest absolute Gasteiger partial charge is 0.447 e. The van der Waals surface area contributed by atoms with Gasteiger partial charge in [-0.1, -0.05) is 6.92 Å². The van der Waals surface area contributed by atoms with Crippen molar-refractivity contribution in [1.29, 1.82) is 0 Å². The number of hydrogen-bond acceptors (Lipinski definition) is 5. The van der Waals surface area contributed by atoms with Gasteiger partial charge in [-0.2, -0.15) is 5.10 Å². The molecule has 0 aliphatic carbocycles. The molecular weight excluding hydrogens is 280 g/mol. The van der Waals surface area contributed by atoms with Gasteiger partial charge in [-0.05, 0) is 18.6 Å². The molecular formula is C12H18N4O3S. The number of rotatable bonds is 6. The third-order valence-corrected chi connectivity index (χ3v) is 4.16. The van der Waals surface area contributed by atoms with Gasteiger partial charge in [0, 0.05) is 25.4 Å². The molecule has 0 spiro atoms. The molecule has 3 N–H and O–H groups in total. The molecule has 0 aromatic carbocycles. The number of nitrogens with one attached hydrogen (secondary N) is 1. The van der Waals surface area contributed by atoms with Crippen molar-refractivity contribution in [2.75, 3.05) is 0 Å². The highest BCUT2D eigenvalue weighted by atomic mass is 32.2. The van der Waals surface area contributed by atoms with Crippen molar-refractivity contribution >= 4 is 10.0 Å². The molecule has 2 aromatic heterocycles. The van der Waals surface area contributed by atoms with E-state index in [1.165, 1.54) is 6.07 Å². The summed E-state index contributed by atoms with van der Waals surface area (Å²) in [5.74, 6) is 0.431. The number of sulfonamides is 1. The maximum atomic E-state index is 12.1. The molecule has 0 fully saturated rings. The average molecular weight is 298 g/mol. The standard InChI is InChI=1S/C12H18N4O3S/c1-3-11-9(8-16(2)15-11)7-14-20(17,18)12-5-4-10(6-13)19-12/h4-5,8,14H,3,6-7,13H2,1-2H3. The molecule has 0 bridgehead atoms. The first-order chi connectivity index (χ1) is 9.46. The Kier molecular flexibility index (Phi) is 4.26. The van der Waals surface area contributed by atoms with Crippen LogP contribution in [0, 0.1) is 0 Å². The fraction of sp³-hybridized carbons (Fsp3) is 0.417. The van der Waals surface area contributed by atoms with Crippen molar-refractivity contribution in [1.82, 2.24) is 14.5 Å². The molecule has 2 aromatic rings. The van der Waals surface area contributed by atoms with Crippen molar-refractivity contribution in [2.24, 2.45) is 12.8 Å². The molecule has 2 heterocycles. The zero-order chi connectivity index (χ0) is 14.8. The molecule has 0 amide bonds. The van der Waals surface area contributed by atoms with Gasteiger partial charge in [0.05, 0.1) is 12.2 Å². The minimum Gasteiger partial charge on any atom is -0.447 e. The van der Waals surface area contributed by atoms with E-state index in [4.69, 9.17) is 10.2 Å². The summed E-state index contributed by atoms with van der Waals surface area (Å²) in [6.45, 7) is 2.32. The summed E-state index contributed by atoms with van der Waals surface area (Å²) in [4.78, 5) is 0. The van der Waals surface area contributed by atoms with Crippen molar-refractivity contribution in [2.45, 2.75) is 31.5 Å². The Morgan fingerprint density at radius 3 is 2.80 bits per heavy atom. The zero-order valence-electron chi connectivity index (χ0n) is 11.5. The van der Waals surface area contributed by atoms with E-state index in [0.717, 1.165) is 17.7 Å². The molecule has 0 saturated heterocycles. The summed E-state index contributed by atoms with van der Waals surface area (Å²) in [6, 6.07) is 2.95. The Morgan fingerprint density at radius 2 is 2.20 bits per heavy atom. The molecule has 2 rings (SSSR count). The summed E-state index contributed by atoms with van der Waals surface area (Å²) >= 11 is 0. The van der Waals surface area contributed by atoms with E-state index in [1.54, 1.807) is 24.0 Å².